The quantitative estimate of drug-likeness (QED) is 0.492. The van der Waals surface area contributed by atoms with Crippen LogP contribution < -0.4 is 10.2 Å². The molecule has 0 atom stereocenters. The van der Waals surface area contributed by atoms with Crippen LogP contribution in [-0.2, 0) is 0 Å². The highest BCUT2D eigenvalue weighted by Crippen LogP contribution is 2.59. The van der Waals surface area contributed by atoms with Crippen molar-refractivity contribution in [3.05, 3.63) is 54.6 Å². The predicted octanol–water partition coefficient (Wildman–Crippen LogP) is 6.34. The molecule has 0 amide bonds. The van der Waals surface area contributed by atoms with Crippen LogP contribution in [0.2, 0.25) is 0 Å². The summed E-state index contributed by atoms with van der Waals surface area (Å²) in [5.41, 5.74) is 3.77. The van der Waals surface area contributed by atoms with Crippen molar-refractivity contribution < 1.29 is 4.74 Å². The Labute approximate surface area is 158 Å². The van der Waals surface area contributed by atoms with Crippen LogP contribution in [0.5, 0.6) is 5.75 Å². The first-order valence-electron chi connectivity index (χ1n) is 9.19. The Balaban J connectivity index is 2.40. The summed E-state index contributed by atoms with van der Waals surface area (Å²) in [7, 11) is 1.31. The van der Waals surface area contributed by atoms with Gasteiger partial charge in [-0.15, -0.1) is 0 Å². The number of para-hydroxylation sites is 3. The summed E-state index contributed by atoms with van der Waals surface area (Å²) in [6.45, 7) is 14.2. The van der Waals surface area contributed by atoms with E-state index in [4.69, 9.17) is 4.74 Å². The fourth-order valence-electron chi connectivity index (χ4n) is 4.07. The predicted molar refractivity (Wildman–Crippen MR) is 116 cm³/mol. The molecule has 0 saturated heterocycles. The van der Waals surface area contributed by atoms with Crippen molar-refractivity contribution in [2.75, 3.05) is 7.11 Å². The van der Waals surface area contributed by atoms with E-state index in [0.717, 1.165) is 11.4 Å². The summed E-state index contributed by atoms with van der Waals surface area (Å²) in [5.74, 6) is 0.910. The minimum absolute atomic E-state index is 0.196. The van der Waals surface area contributed by atoms with Gasteiger partial charge in [-0.2, -0.15) is 0 Å². The van der Waals surface area contributed by atoms with Crippen molar-refractivity contribution in [2.24, 2.45) is 0 Å². The number of aromatic nitrogens is 1. The van der Waals surface area contributed by atoms with Gasteiger partial charge in [-0.3, -0.25) is 0 Å². The number of hydrogen-bond acceptors (Lipinski definition) is 1. The van der Waals surface area contributed by atoms with Crippen LogP contribution in [0, 0.1) is 0 Å². The van der Waals surface area contributed by atoms with E-state index in [1.165, 1.54) is 16.3 Å². The standard InChI is InChI=1S/C23H30NOP/c1-22(2,3)26(23(4,5)6)21-16-17-12-8-9-13-18(17)24(21)19-14-10-11-15-20(19)25-7/h8-16H,1-7H3. The molecule has 3 aromatic rings. The number of hydrogen-bond donors (Lipinski definition) is 0. The molecule has 0 aliphatic heterocycles. The van der Waals surface area contributed by atoms with Gasteiger partial charge < -0.3 is 9.30 Å². The topological polar surface area (TPSA) is 14.2 Å². The monoisotopic (exact) mass is 367 g/mol. The summed E-state index contributed by atoms with van der Waals surface area (Å²) in [5, 5.41) is 1.68. The maximum absolute atomic E-state index is 5.71. The van der Waals surface area contributed by atoms with Crippen molar-refractivity contribution in [1.82, 2.24) is 4.57 Å². The maximum Gasteiger partial charge on any atom is 0.142 e. The van der Waals surface area contributed by atoms with Crippen molar-refractivity contribution in [3.63, 3.8) is 0 Å². The first-order chi connectivity index (χ1) is 12.1. The first-order valence-corrected chi connectivity index (χ1v) is 10.5. The van der Waals surface area contributed by atoms with Crippen LogP contribution in [0.15, 0.2) is 54.6 Å². The molecule has 0 fully saturated rings. The number of benzene rings is 2. The second-order valence-electron chi connectivity index (χ2n) is 8.75. The average molecular weight is 367 g/mol. The number of methoxy groups -OCH3 is 1. The number of ether oxygens (including phenoxy) is 1. The lowest BCUT2D eigenvalue weighted by molar-refractivity contribution is 0.413. The lowest BCUT2D eigenvalue weighted by atomic mass is 10.2. The molecule has 138 valence electrons. The lowest BCUT2D eigenvalue weighted by Crippen LogP contribution is -2.34. The Morgan fingerprint density at radius 1 is 0.808 bits per heavy atom. The van der Waals surface area contributed by atoms with E-state index in [1.807, 2.05) is 12.1 Å². The van der Waals surface area contributed by atoms with E-state index in [2.05, 4.69) is 88.6 Å². The molecule has 0 N–H and O–H groups in total. The minimum atomic E-state index is -0.439. The highest BCUT2D eigenvalue weighted by molar-refractivity contribution is 7.68. The molecular formula is C23H30NOP. The molecule has 2 nitrogen and oxygen atoms in total. The largest absolute Gasteiger partial charge is 0.495 e. The zero-order valence-corrected chi connectivity index (χ0v) is 17.9. The Bertz CT molecular complexity index is 898. The van der Waals surface area contributed by atoms with Gasteiger partial charge in [0.2, 0.25) is 0 Å². The van der Waals surface area contributed by atoms with Crippen molar-refractivity contribution in [1.29, 1.82) is 0 Å². The summed E-state index contributed by atoms with van der Waals surface area (Å²) in [4.78, 5) is 0. The Morgan fingerprint density at radius 2 is 1.38 bits per heavy atom. The third kappa shape index (κ3) is 3.40. The molecule has 3 rings (SSSR count). The molecule has 0 radical (unpaired) electrons. The van der Waals surface area contributed by atoms with Gasteiger partial charge in [0.15, 0.2) is 0 Å². The highest BCUT2D eigenvalue weighted by atomic mass is 31.1. The molecule has 1 aromatic heterocycles. The van der Waals surface area contributed by atoms with Crippen molar-refractivity contribution >= 4 is 24.3 Å². The summed E-state index contributed by atoms with van der Waals surface area (Å²) in [6, 6.07) is 19.4. The van der Waals surface area contributed by atoms with Gasteiger partial charge in [-0.25, -0.2) is 0 Å². The molecule has 2 aromatic carbocycles. The van der Waals surface area contributed by atoms with Gasteiger partial charge in [-0.05, 0) is 42.5 Å². The number of nitrogens with zero attached hydrogens (tertiary/aromatic N) is 1. The van der Waals surface area contributed by atoms with Crippen LogP contribution in [0.25, 0.3) is 16.6 Å². The van der Waals surface area contributed by atoms with Gasteiger partial charge in [0.25, 0.3) is 0 Å². The minimum Gasteiger partial charge on any atom is -0.495 e. The van der Waals surface area contributed by atoms with E-state index in [0.29, 0.717) is 0 Å². The van der Waals surface area contributed by atoms with Gasteiger partial charge in [-0.1, -0.05) is 71.9 Å². The average Bonchev–Trinajstić information content (AvgIpc) is 2.90. The van der Waals surface area contributed by atoms with Gasteiger partial charge in [0.05, 0.1) is 18.3 Å². The summed E-state index contributed by atoms with van der Waals surface area (Å²) >= 11 is 0. The Hall–Kier alpha value is -1.79. The van der Waals surface area contributed by atoms with Crippen molar-refractivity contribution in [2.45, 2.75) is 51.9 Å². The first kappa shape index (κ1) is 19.0. The van der Waals surface area contributed by atoms with E-state index in [-0.39, 0.29) is 10.3 Å². The summed E-state index contributed by atoms with van der Waals surface area (Å²) < 4.78 is 8.14. The second-order valence-corrected chi connectivity index (χ2v) is 12.6. The molecule has 0 spiro atoms. The zero-order chi connectivity index (χ0) is 19.1. The second kappa shape index (κ2) is 6.74. The van der Waals surface area contributed by atoms with Gasteiger partial charge in [0, 0.05) is 10.8 Å². The van der Waals surface area contributed by atoms with Crippen molar-refractivity contribution in [3.8, 4) is 11.4 Å². The smallest absolute Gasteiger partial charge is 0.142 e. The van der Waals surface area contributed by atoms with Crippen LogP contribution in [0.3, 0.4) is 0 Å². The molecule has 26 heavy (non-hydrogen) atoms. The Kier molecular flexibility index (Phi) is 4.92. The molecule has 0 unspecified atom stereocenters. The maximum atomic E-state index is 5.71. The lowest BCUT2D eigenvalue weighted by Gasteiger charge is -2.42. The molecule has 0 bridgehead atoms. The van der Waals surface area contributed by atoms with Crippen LogP contribution in [-0.4, -0.2) is 22.0 Å². The third-order valence-electron chi connectivity index (χ3n) is 4.59. The van der Waals surface area contributed by atoms with Crippen LogP contribution in [0.4, 0.5) is 0 Å². The number of rotatable bonds is 3. The zero-order valence-electron chi connectivity index (χ0n) is 17.0. The van der Waals surface area contributed by atoms with E-state index < -0.39 is 7.92 Å². The van der Waals surface area contributed by atoms with Gasteiger partial charge in [0.1, 0.15) is 5.75 Å². The van der Waals surface area contributed by atoms with Crippen LogP contribution in [0.1, 0.15) is 41.5 Å². The molecule has 1 heterocycles. The van der Waals surface area contributed by atoms with E-state index in [9.17, 15) is 0 Å². The Morgan fingerprint density at radius 3 is 2.00 bits per heavy atom. The van der Waals surface area contributed by atoms with Gasteiger partial charge >= 0.3 is 0 Å². The molecular weight excluding hydrogens is 337 g/mol. The van der Waals surface area contributed by atoms with E-state index in [1.54, 1.807) is 7.11 Å². The molecule has 0 saturated carbocycles. The normalized spacial score (nSPS) is 12.8. The van der Waals surface area contributed by atoms with Crippen LogP contribution >= 0.6 is 7.92 Å². The molecule has 3 heteroatoms. The SMILES string of the molecule is COc1ccccc1-n1c(P(C(C)(C)C)C(C)(C)C)cc2ccccc21. The highest BCUT2D eigenvalue weighted by Gasteiger charge is 2.38. The number of fused-ring (bicyclic) bond motifs is 1. The molecule has 0 aliphatic rings. The fourth-order valence-corrected chi connectivity index (χ4v) is 8.14. The molecule has 0 aliphatic carbocycles. The fraction of sp³-hybridized carbons (Fsp3) is 0.391. The third-order valence-corrected chi connectivity index (χ3v) is 8.06. The van der Waals surface area contributed by atoms with E-state index >= 15 is 0 Å². The summed E-state index contributed by atoms with van der Waals surface area (Å²) in [6.07, 6.45) is 0.